The molecule has 4 nitrogen and oxygen atoms in total. The molecule has 2 aliphatic rings. The van der Waals surface area contributed by atoms with E-state index in [9.17, 15) is 5.26 Å². The van der Waals surface area contributed by atoms with E-state index in [1.807, 2.05) is 7.05 Å². The number of hydrogen-bond acceptors (Lipinski definition) is 4. The monoisotopic (exact) mass is 278 g/mol. The number of hydrogen-bond donors (Lipinski definition) is 1. The summed E-state index contributed by atoms with van der Waals surface area (Å²) in [4.78, 5) is 5.23. The van der Waals surface area contributed by atoms with Crippen LogP contribution in [0.4, 0.5) is 0 Å². The summed E-state index contributed by atoms with van der Waals surface area (Å²) in [7, 11) is 1.94. The van der Waals surface area contributed by atoms with Gasteiger partial charge in [-0.05, 0) is 52.2 Å². The molecule has 1 saturated carbocycles. The normalized spacial score (nSPS) is 35.4. The molecule has 2 fully saturated rings. The van der Waals surface area contributed by atoms with Crippen molar-refractivity contribution in [2.45, 2.75) is 63.6 Å². The molecule has 0 spiro atoms. The van der Waals surface area contributed by atoms with Crippen LogP contribution in [0, 0.1) is 11.3 Å². The SMILES string of the molecule is CCN(CC)C1CCN(C2CCCC(C#N)(NC)C2)C1. The molecule has 0 aromatic rings. The van der Waals surface area contributed by atoms with Crippen LogP contribution >= 0.6 is 0 Å². The second-order valence-electron chi connectivity index (χ2n) is 6.35. The third kappa shape index (κ3) is 3.16. The molecule has 3 unspecified atom stereocenters. The molecule has 3 atom stereocenters. The average molecular weight is 278 g/mol. The Bertz CT molecular complexity index is 347. The van der Waals surface area contributed by atoms with E-state index >= 15 is 0 Å². The van der Waals surface area contributed by atoms with Gasteiger partial charge in [0.2, 0.25) is 0 Å². The Labute approximate surface area is 124 Å². The Morgan fingerprint density at radius 1 is 1.35 bits per heavy atom. The fourth-order valence-corrected chi connectivity index (χ4v) is 4.08. The van der Waals surface area contributed by atoms with Crippen LogP contribution in [0.1, 0.15) is 46.0 Å². The van der Waals surface area contributed by atoms with Crippen LogP contribution in [0.2, 0.25) is 0 Å². The maximum absolute atomic E-state index is 9.48. The molecule has 114 valence electrons. The Kier molecular flexibility index (Phi) is 5.42. The van der Waals surface area contributed by atoms with Gasteiger partial charge in [0.15, 0.2) is 0 Å². The van der Waals surface area contributed by atoms with Crippen molar-refractivity contribution >= 4 is 0 Å². The number of nitrogens with zero attached hydrogens (tertiary/aromatic N) is 3. The minimum Gasteiger partial charge on any atom is -0.302 e. The van der Waals surface area contributed by atoms with Gasteiger partial charge in [-0.2, -0.15) is 5.26 Å². The van der Waals surface area contributed by atoms with Crippen molar-refractivity contribution in [2.75, 3.05) is 33.2 Å². The van der Waals surface area contributed by atoms with Gasteiger partial charge in [-0.3, -0.25) is 9.80 Å². The predicted molar refractivity (Wildman–Crippen MR) is 82.6 cm³/mol. The molecule has 1 aliphatic carbocycles. The summed E-state index contributed by atoms with van der Waals surface area (Å²) >= 11 is 0. The predicted octanol–water partition coefficient (Wildman–Crippen LogP) is 1.83. The first-order valence-corrected chi connectivity index (χ1v) is 8.26. The molecule has 0 aromatic heterocycles. The third-order valence-electron chi connectivity index (χ3n) is 5.46. The molecule has 4 heteroatoms. The van der Waals surface area contributed by atoms with E-state index in [0.29, 0.717) is 6.04 Å². The van der Waals surface area contributed by atoms with E-state index < -0.39 is 0 Å². The highest BCUT2D eigenvalue weighted by Crippen LogP contribution is 2.32. The Morgan fingerprint density at radius 2 is 2.10 bits per heavy atom. The van der Waals surface area contributed by atoms with Gasteiger partial charge in [0.05, 0.1) is 6.07 Å². The zero-order chi connectivity index (χ0) is 14.6. The molecule has 0 radical (unpaired) electrons. The van der Waals surface area contributed by atoms with Crippen LogP contribution in [-0.4, -0.2) is 60.6 Å². The topological polar surface area (TPSA) is 42.3 Å². The molecule has 1 N–H and O–H groups in total. The van der Waals surface area contributed by atoms with Gasteiger partial charge in [0.25, 0.3) is 0 Å². The van der Waals surface area contributed by atoms with Gasteiger partial charge in [0, 0.05) is 25.2 Å². The molecular formula is C16H30N4. The van der Waals surface area contributed by atoms with Crippen molar-refractivity contribution in [1.82, 2.24) is 15.1 Å². The lowest BCUT2D eigenvalue weighted by Crippen LogP contribution is -2.51. The smallest absolute Gasteiger partial charge is 0.108 e. The molecule has 20 heavy (non-hydrogen) atoms. The zero-order valence-corrected chi connectivity index (χ0v) is 13.4. The maximum Gasteiger partial charge on any atom is 0.108 e. The van der Waals surface area contributed by atoms with Crippen molar-refractivity contribution < 1.29 is 0 Å². The van der Waals surface area contributed by atoms with Crippen LogP contribution < -0.4 is 5.32 Å². The second kappa shape index (κ2) is 6.89. The fraction of sp³-hybridized carbons (Fsp3) is 0.938. The van der Waals surface area contributed by atoms with Crippen LogP contribution in [0.3, 0.4) is 0 Å². The van der Waals surface area contributed by atoms with Crippen molar-refractivity contribution in [3.8, 4) is 6.07 Å². The van der Waals surface area contributed by atoms with Crippen molar-refractivity contribution in [1.29, 1.82) is 5.26 Å². The average Bonchev–Trinajstić information content (AvgIpc) is 2.98. The number of likely N-dealkylation sites (N-methyl/N-ethyl adjacent to an activating group) is 1. The summed E-state index contributed by atoms with van der Waals surface area (Å²) < 4.78 is 0. The zero-order valence-electron chi connectivity index (χ0n) is 13.4. The van der Waals surface area contributed by atoms with Crippen molar-refractivity contribution in [3.05, 3.63) is 0 Å². The fourth-order valence-electron chi connectivity index (χ4n) is 4.08. The van der Waals surface area contributed by atoms with E-state index in [1.54, 1.807) is 0 Å². The molecule has 0 aromatic carbocycles. The standard InChI is InChI=1S/C16H30N4/c1-4-19(5-2)15-8-10-20(12-15)14-7-6-9-16(11-14,13-17)18-3/h14-15,18H,4-12H2,1-3H3. The van der Waals surface area contributed by atoms with Gasteiger partial charge in [0.1, 0.15) is 5.54 Å². The first-order valence-electron chi connectivity index (χ1n) is 8.26. The molecule has 1 heterocycles. The largest absolute Gasteiger partial charge is 0.302 e. The number of nitriles is 1. The number of rotatable bonds is 5. The first-order chi connectivity index (χ1) is 9.68. The quantitative estimate of drug-likeness (QED) is 0.833. The van der Waals surface area contributed by atoms with Gasteiger partial charge in [-0.25, -0.2) is 0 Å². The van der Waals surface area contributed by atoms with Crippen molar-refractivity contribution in [2.24, 2.45) is 0 Å². The highest BCUT2D eigenvalue weighted by molar-refractivity contribution is 5.11. The van der Waals surface area contributed by atoms with Crippen molar-refractivity contribution in [3.63, 3.8) is 0 Å². The Morgan fingerprint density at radius 3 is 2.70 bits per heavy atom. The van der Waals surface area contributed by atoms with E-state index in [4.69, 9.17) is 0 Å². The summed E-state index contributed by atoms with van der Waals surface area (Å²) in [5, 5.41) is 12.8. The Hall–Kier alpha value is -0.630. The summed E-state index contributed by atoms with van der Waals surface area (Å²) in [6.45, 7) is 9.22. The molecule has 1 aliphatic heterocycles. The third-order valence-corrected chi connectivity index (χ3v) is 5.46. The van der Waals surface area contributed by atoms with Gasteiger partial charge < -0.3 is 5.32 Å². The minimum atomic E-state index is -0.282. The molecule has 1 saturated heterocycles. The van der Waals surface area contributed by atoms with Gasteiger partial charge in [-0.1, -0.05) is 13.8 Å². The highest BCUT2D eigenvalue weighted by Gasteiger charge is 2.39. The van der Waals surface area contributed by atoms with E-state index in [0.717, 1.165) is 32.0 Å². The number of likely N-dealkylation sites (tertiary alicyclic amines) is 1. The van der Waals surface area contributed by atoms with Crippen LogP contribution in [0.25, 0.3) is 0 Å². The first kappa shape index (κ1) is 15.8. The minimum absolute atomic E-state index is 0.282. The van der Waals surface area contributed by atoms with Crippen LogP contribution in [0.15, 0.2) is 0 Å². The molecular weight excluding hydrogens is 248 g/mol. The van der Waals surface area contributed by atoms with Crippen LogP contribution in [0.5, 0.6) is 0 Å². The second-order valence-corrected chi connectivity index (χ2v) is 6.35. The van der Waals surface area contributed by atoms with Crippen LogP contribution in [-0.2, 0) is 0 Å². The summed E-state index contributed by atoms with van der Waals surface area (Å²) in [6, 6.07) is 3.84. The summed E-state index contributed by atoms with van der Waals surface area (Å²) in [5.41, 5.74) is -0.282. The lowest BCUT2D eigenvalue weighted by atomic mass is 9.79. The maximum atomic E-state index is 9.48. The van der Waals surface area contributed by atoms with E-state index in [-0.39, 0.29) is 5.54 Å². The molecule has 0 bridgehead atoms. The lowest BCUT2D eigenvalue weighted by molar-refractivity contribution is 0.132. The molecule has 2 rings (SSSR count). The number of nitrogens with one attached hydrogen (secondary N) is 1. The Balaban J connectivity index is 1.95. The van der Waals surface area contributed by atoms with E-state index in [2.05, 4.69) is 35.0 Å². The van der Waals surface area contributed by atoms with Gasteiger partial charge >= 0.3 is 0 Å². The van der Waals surface area contributed by atoms with Gasteiger partial charge in [-0.15, -0.1) is 0 Å². The summed E-state index contributed by atoms with van der Waals surface area (Å²) in [6.07, 6.45) is 5.72. The summed E-state index contributed by atoms with van der Waals surface area (Å²) in [5.74, 6) is 0. The highest BCUT2D eigenvalue weighted by atomic mass is 15.3. The van der Waals surface area contributed by atoms with E-state index in [1.165, 1.54) is 32.4 Å². The lowest BCUT2D eigenvalue weighted by Gasteiger charge is -2.40. The molecule has 0 amide bonds.